The van der Waals surface area contributed by atoms with E-state index in [4.69, 9.17) is 30.8 Å². The van der Waals surface area contributed by atoms with Crippen molar-refractivity contribution in [3.63, 3.8) is 0 Å². The highest BCUT2D eigenvalue weighted by Crippen LogP contribution is 2.28. The molecule has 0 saturated carbocycles. The number of hydrogen-bond acceptors (Lipinski definition) is 16. The van der Waals surface area contributed by atoms with E-state index < -0.39 is 29.8 Å². The van der Waals surface area contributed by atoms with Crippen molar-refractivity contribution in [3.8, 4) is 5.75 Å². The predicted molar refractivity (Wildman–Crippen MR) is 252 cm³/mol. The van der Waals surface area contributed by atoms with Gasteiger partial charge in [0.25, 0.3) is 0 Å². The number of fused-ring (bicyclic) bond motifs is 1. The molecule has 65 heavy (non-hydrogen) atoms. The maximum Gasteiger partial charge on any atom is 0.321 e. The van der Waals surface area contributed by atoms with Gasteiger partial charge in [-0.25, -0.2) is 4.98 Å². The summed E-state index contributed by atoms with van der Waals surface area (Å²) in [4.78, 5) is 72.7. The highest BCUT2D eigenvalue weighted by molar-refractivity contribution is 8.16. The molecule has 1 aromatic carbocycles. The Morgan fingerprint density at radius 3 is 2.31 bits per heavy atom. The van der Waals surface area contributed by atoms with Crippen LogP contribution in [-0.2, 0) is 46.5 Å². The van der Waals surface area contributed by atoms with Crippen molar-refractivity contribution in [2.45, 2.75) is 64.6 Å². The van der Waals surface area contributed by atoms with E-state index in [1.54, 1.807) is 7.11 Å². The molecule has 360 valence electrons. The zero-order chi connectivity index (χ0) is 47.0. The van der Waals surface area contributed by atoms with E-state index in [-0.39, 0.29) is 74.8 Å². The molecule has 1 aliphatic rings. The number of anilines is 2. The highest BCUT2D eigenvalue weighted by Gasteiger charge is 2.23. The fraction of sp³-hybridized carbons (Fsp3) is 0.605. The summed E-state index contributed by atoms with van der Waals surface area (Å²) in [5.74, 6) is -1.69. The number of carbonyl (C=O) groups excluding carboxylic acids is 3. The number of methoxy groups -OCH3 is 1. The van der Waals surface area contributed by atoms with Crippen molar-refractivity contribution in [2.75, 3.05) is 107 Å². The third kappa shape index (κ3) is 18.9. The molecular formula is C43H66N10O10S2. The molecule has 3 aromatic rings. The van der Waals surface area contributed by atoms with Crippen LogP contribution in [0.4, 0.5) is 11.8 Å². The quantitative estimate of drug-likeness (QED) is 0.0349. The van der Waals surface area contributed by atoms with Crippen molar-refractivity contribution in [3.05, 3.63) is 41.6 Å². The molecule has 0 bridgehead atoms. The summed E-state index contributed by atoms with van der Waals surface area (Å²) in [6, 6.07) is 7.28. The number of ether oxygens (including phenoxy) is 3. The summed E-state index contributed by atoms with van der Waals surface area (Å²) in [5, 5.41) is 27.4. The Kier molecular flexibility index (Phi) is 23.5. The van der Waals surface area contributed by atoms with Crippen molar-refractivity contribution in [1.29, 1.82) is 0 Å². The summed E-state index contributed by atoms with van der Waals surface area (Å²) < 4.78 is 19.1. The van der Waals surface area contributed by atoms with E-state index in [1.165, 1.54) is 23.5 Å². The smallest absolute Gasteiger partial charge is 0.321 e. The molecule has 9 N–H and O–H groups in total. The third-order valence-electron chi connectivity index (χ3n) is 10.5. The van der Waals surface area contributed by atoms with Gasteiger partial charge in [-0.2, -0.15) is 16.7 Å². The van der Waals surface area contributed by atoms with Crippen LogP contribution in [0.15, 0.2) is 30.5 Å². The number of hydrogen-bond donors (Lipinski definition) is 7. The maximum atomic E-state index is 12.9. The summed E-state index contributed by atoms with van der Waals surface area (Å²) in [5.41, 5.74) is 15.3. The van der Waals surface area contributed by atoms with Gasteiger partial charge in [0.1, 0.15) is 17.3 Å². The van der Waals surface area contributed by atoms with Gasteiger partial charge in [-0.05, 0) is 24.1 Å². The number of aromatic nitrogens is 3. The minimum atomic E-state index is -1.11. The van der Waals surface area contributed by atoms with Gasteiger partial charge in [0.2, 0.25) is 23.7 Å². The molecule has 3 heterocycles. The number of nitrogen functional groups attached to an aromatic ring is 1. The Morgan fingerprint density at radius 2 is 1.58 bits per heavy atom. The zero-order valence-corrected chi connectivity index (χ0v) is 39.1. The molecule has 0 spiro atoms. The van der Waals surface area contributed by atoms with E-state index in [2.05, 4.69) is 60.5 Å². The molecule has 1 unspecified atom stereocenters. The number of benzene rings is 1. The van der Waals surface area contributed by atoms with Gasteiger partial charge in [-0.15, -0.1) is 11.8 Å². The zero-order valence-electron chi connectivity index (χ0n) is 37.5. The van der Waals surface area contributed by atoms with Crippen LogP contribution in [0.25, 0.3) is 11.0 Å². The number of carbonyl (C=O) groups is 5. The number of unbranched alkanes of at least 4 members (excludes halogenated alkanes) is 2. The van der Waals surface area contributed by atoms with Gasteiger partial charge >= 0.3 is 11.9 Å². The van der Waals surface area contributed by atoms with E-state index in [0.29, 0.717) is 37.9 Å². The Labute approximate surface area is 388 Å². The second kappa shape index (κ2) is 28.9. The van der Waals surface area contributed by atoms with E-state index >= 15 is 0 Å². The van der Waals surface area contributed by atoms with E-state index in [0.717, 1.165) is 79.2 Å². The number of nitrogens with zero attached hydrogens (tertiary/aromatic N) is 5. The first-order valence-electron chi connectivity index (χ1n) is 22.0. The number of carboxylic acid groups (broad SMARTS) is 2. The monoisotopic (exact) mass is 946 g/mol. The summed E-state index contributed by atoms with van der Waals surface area (Å²) in [7, 11) is 1.68. The molecule has 1 aliphatic heterocycles. The van der Waals surface area contributed by atoms with Crippen LogP contribution in [-0.4, -0.2) is 166 Å². The topological polar surface area (TPSA) is 279 Å². The lowest BCUT2D eigenvalue weighted by Gasteiger charge is -2.35. The van der Waals surface area contributed by atoms with Crippen LogP contribution in [0.1, 0.15) is 56.6 Å². The van der Waals surface area contributed by atoms with Crippen LogP contribution in [0, 0.1) is 5.92 Å². The molecule has 2 aromatic heterocycles. The number of nitrogens with one attached hydrogen (secondary N) is 3. The number of thioether (sulfide) groups is 2. The molecule has 2 atom stereocenters. The van der Waals surface area contributed by atoms with Gasteiger partial charge in [-0.3, -0.25) is 28.9 Å². The first-order chi connectivity index (χ1) is 31.4. The molecule has 3 amide bonds. The summed E-state index contributed by atoms with van der Waals surface area (Å²) in [6.07, 6.45) is 5.38. The second-order valence-corrected chi connectivity index (χ2v) is 17.9. The largest absolute Gasteiger partial charge is 0.496 e. The molecule has 0 aliphatic carbocycles. The van der Waals surface area contributed by atoms with Gasteiger partial charge in [0, 0.05) is 93.6 Å². The summed E-state index contributed by atoms with van der Waals surface area (Å²) in [6.45, 7) is 8.56. The van der Waals surface area contributed by atoms with Crippen molar-refractivity contribution in [1.82, 2.24) is 35.0 Å². The second-order valence-electron chi connectivity index (χ2n) is 15.5. The van der Waals surface area contributed by atoms with Gasteiger partial charge in [-0.1, -0.05) is 31.9 Å². The number of carboxylic acids is 2. The van der Waals surface area contributed by atoms with E-state index in [9.17, 15) is 29.1 Å². The minimum Gasteiger partial charge on any atom is -0.496 e. The molecule has 4 rings (SSSR count). The Morgan fingerprint density at radius 1 is 0.846 bits per heavy atom. The number of aliphatic carboxylic acids is 2. The van der Waals surface area contributed by atoms with Crippen LogP contribution in [0.2, 0.25) is 0 Å². The fourth-order valence-corrected chi connectivity index (χ4v) is 9.07. The molecule has 1 fully saturated rings. The van der Waals surface area contributed by atoms with Crippen LogP contribution >= 0.6 is 23.5 Å². The van der Waals surface area contributed by atoms with Crippen LogP contribution in [0.5, 0.6) is 5.75 Å². The van der Waals surface area contributed by atoms with E-state index in [1.807, 2.05) is 17.2 Å². The first kappa shape index (κ1) is 52.8. The highest BCUT2D eigenvalue weighted by atomic mass is 32.2. The number of nitrogens with two attached hydrogens (primary N) is 2. The third-order valence-corrected chi connectivity index (χ3v) is 13.0. The Bertz CT molecular complexity index is 1980. The first-order valence-corrected chi connectivity index (χ1v) is 24.3. The lowest BCUT2D eigenvalue weighted by atomic mass is 10.1. The van der Waals surface area contributed by atoms with Crippen molar-refractivity contribution < 1.29 is 48.4 Å². The van der Waals surface area contributed by atoms with Gasteiger partial charge < -0.3 is 61.3 Å². The van der Waals surface area contributed by atoms with Crippen molar-refractivity contribution >= 4 is 76.0 Å². The number of amides is 3. The van der Waals surface area contributed by atoms with Gasteiger partial charge in [0.05, 0.1) is 57.9 Å². The van der Waals surface area contributed by atoms with Crippen molar-refractivity contribution in [2.24, 2.45) is 11.7 Å². The molecule has 22 heteroatoms. The normalized spacial score (nSPS) is 13.9. The average molecular weight is 947 g/mol. The summed E-state index contributed by atoms with van der Waals surface area (Å²) >= 11 is 2.57. The standard InChI is InChI=1S/C43H66N10O10S2/c1-3-4-5-11-48-40-39-34(49-43(45)50-40)9-14-53(39)26-31-7-6-30(23-35(31)61-2)25-51-15-17-52(18-16-51)38(56)10-19-62-21-22-63-20-13-47-36(54)8-12-46-37(55)24-32(41(57)58)27-64-29-65-28-33(44)42(59)60/h6-7,9,14,23,32-33H,3-5,8,10-13,15-22,24-29,44H2,1-2H3,(H,46,55)(H,47,54)(H,57,58)(H,59,60)(H3,45,48,49,50)/t32?,33-/m0/s1. The average Bonchev–Trinajstić information content (AvgIpc) is 3.69. The fourth-order valence-electron chi connectivity index (χ4n) is 6.89. The van der Waals surface area contributed by atoms with Crippen LogP contribution < -0.4 is 32.2 Å². The maximum absolute atomic E-state index is 12.9. The minimum absolute atomic E-state index is 0.0223. The Balaban J connectivity index is 1.03. The Hall–Kier alpha value is -4.87. The molecule has 1 saturated heterocycles. The predicted octanol–water partition coefficient (Wildman–Crippen LogP) is 2.29. The number of rotatable bonds is 32. The van der Waals surface area contributed by atoms with Gasteiger partial charge in [0.15, 0.2) is 5.82 Å². The lowest BCUT2D eigenvalue weighted by molar-refractivity contribution is -0.143. The molecule has 0 radical (unpaired) electrons. The number of piperazine rings is 1. The molecule has 20 nitrogen and oxygen atoms in total. The lowest BCUT2D eigenvalue weighted by Crippen LogP contribution is -2.48. The SMILES string of the molecule is CCCCCNc1nc(N)nc2ccn(Cc3ccc(CN4CCN(C(=O)CCOCCOCCNC(=O)CCNC(=O)CC(CSCSC[C@H](N)C(=O)O)C(=O)O)CC4)cc3OC)c12. The molecular weight excluding hydrogens is 881 g/mol. The van der Waals surface area contributed by atoms with Crippen LogP contribution in [0.3, 0.4) is 0 Å².